The normalized spacial score (nSPS) is 8.75. The Morgan fingerprint density at radius 1 is 1.88 bits per heavy atom. The minimum absolute atomic E-state index is 0.0689. The Kier molecular flexibility index (Phi) is 4.70. The molecule has 4 heteroatoms. The molecule has 0 heterocycles. The number of ether oxygens (including phenoxy) is 1. The maximum atomic E-state index is 10.3. The van der Waals surface area contributed by atoms with Crippen LogP contribution in [0.5, 0.6) is 0 Å². The molecule has 0 aromatic carbocycles. The fraction of sp³-hybridized carbons (Fsp3) is 0.750. The number of carbonyl (C=O) groups is 1. The molecule has 0 atom stereocenters. The average molecular weight is 138 g/mol. The van der Waals surface area contributed by atoms with E-state index < -0.39 is 0 Å². The molecule has 0 aliphatic carbocycles. The lowest BCUT2D eigenvalue weighted by Crippen LogP contribution is -2.20. The van der Waals surface area contributed by atoms with Crippen LogP contribution < -0.4 is 5.32 Å². The summed E-state index contributed by atoms with van der Waals surface area (Å²) < 4.78 is 4.35. The molecule has 0 saturated heterocycles. The molecule has 0 saturated carbocycles. The van der Waals surface area contributed by atoms with Crippen molar-refractivity contribution >= 4 is 17.6 Å². The van der Waals surface area contributed by atoms with Crippen molar-refractivity contribution in [3.05, 3.63) is 0 Å². The third-order valence-corrected chi connectivity index (χ3v) is 0.646. The number of carbonyl (C=O) groups excluding carboxylic acids is 1. The van der Waals surface area contributed by atoms with E-state index >= 15 is 0 Å². The maximum absolute atomic E-state index is 10.3. The van der Waals surface area contributed by atoms with E-state index in [4.69, 9.17) is 11.6 Å². The quantitative estimate of drug-likeness (QED) is 0.438. The predicted molar refractivity (Wildman–Crippen MR) is 30.7 cm³/mol. The third-order valence-electron chi connectivity index (χ3n) is 0.537. The highest BCUT2D eigenvalue weighted by atomic mass is 35.5. The summed E-state index contributed by atoms with van der Waals surface area (Å²) in [5.41, 5.74) is 0. The molecule has 3 nitrogen and oxygen atoms in total. The van der Waals surface area contributed by atoms with Gasteiger partial charge in [-0.2, -0.15) is 0 Å². The van der Waals surface area contributed by atoms with Gasteiger partial charge >= 0.3 is 5.97 Å². The van der Waals surface area contributed by atoms with Crippen molar-refractivity contribution in [2.75, 3.05) is 19.7 Å². The molecule has 0 amide bonds. The summed E-state index contributed by atoms with van der Waals surface area (Å²) >= 11 is 5.06. The molecule has 48 valence electrons. The Hall–Kier alpha value is -0.280. The van der Waals surface area contributed by atoms with Gasteiger partial charge in [-0.05, 0) is 7.05 Å². The number of alkyl halides is 1. The number of rotatable bonds is 3. The summed E-state index contributed by atoms with van der Waals surface area (Å²) in [5, 5.41) is 2.62. The van der Waals surface area contributed by atoms with Gasteiger partial charge in [-0.25, -0.2) is 0 Å². The lowest BCUT2D eigenvalue weighted by Gasteiger charge is -1.96. The van der Waals surface area contributed by atoms with E-state index in [1.807, 2.05) is 0 Å². The molecule has 0 radical (unpaired) electrons. The molecule has 1 N–H and O–H groups in total. The highest BCUT2D eigenvalue weighted by Crippen LogP contribution is 1.78. The van der Waals surface area contributed by atoms with E-state index in [9.17, 15) is 4.79 Å². The van der Waals surface area contributed by atoms with Crippen LogP contribution in [0.3, 0.4) is 0 Å². The van der Waals surface area contributed by atoms with E-state index in [0.29, 0.717) is 0 Å². The Morgan fingerprint density at radius 2 is 2.50 bits per heavy atom. The number of nitrogens with one attached hydrogen (secondary N) is 1. The van der Waals surface area contributed by atoms with Gasteiger partial charge in [0.1, 0.15) is 0 Å². The number of esters is 1. The first kappa shape index (κ1) is 7.72. The maximum Gasteiger partial charge on any atom is 0.321 e. The number of likely N-dealkylation sites (N-methyl/N-ethyl adjacent to an activating group) is 1. The number of hydrogen-bond donors (Lipinski definition) is 1. The molecule has 0 fully saturated rings. The van der Waals surface area contributed by atoms with Crippen LogP contribution in [-0.4, -0.2) is 25.6 Å². The molecule has 0 spiro atoms. The second-order valence-electron chi connectivity index (χ2n) is 1.16. The van der Waals surface area contributed by atoms with E-state index in [2.05, 4.69) is 10.1 Å². The second-order valence-corrected chi connectivity index (χ2v) is 1.37. The van der Waals surface area contributed by atoms with E-state index in [-0.39, 0.29) is 18.6 Å². The standard InChI is InChI=1S/C4H8ClNO2/c1-6-2-4(7)8-3-5/h6H,2-3H2,1H3. The second kappa shape index (κ2) is 4.87. The summed E-state index contributed by atoms with van der Waals surface area (Å²) in [6.45, 7) is 0.215. The molecular formula is C4H8ClNO2. The van der Waals surface area contributed by atoms with Crippen molar-refractivity contribution in [3.8, 4) is 0 Å². The van der Waals surface area contributed by atoms with E-state index in [1.54, 1.807) is 7.05 Å². The summed E-state index contributed by atoms with van der Waals surface area (Å²) in [5.74, 6) is -0.331. The highest BCUT2D eigenvalue weighted by Gasteiger charge is 1.95. The van der Waals surface area contributed by atoms with Gasteiger partial charge in [0, 0.05) is 0 Å². The van der Waals surface area contributed by atoms with Gasteiger partial charge in [-0.1, -0.05) is 11.6 Å². The minimum atomic E-state index is -0.331. The monoisotopic (exact) mass is 137 g/mol. The van der Waals surface area contributed by atoms with Crippen molar-refractivity contribution < 1.29 is 9.53 Å². The van der Waals surface area contributed by atoms with E-state index in [0.717, 1.165) is 0 Å². The lowest BCUT2D eigenvalue weighted by atomic mass is 10.7. The zero-order valence-electron chi connectivity index (χ0n) is 4.61. The molecule has 0 rings (SSSR count). The fourth-order valence-corrected chi connectivity index (χ4v) is 0.378. The smallest absolute Gasteiger partial charge is 0.321 e. The number of halogens is 1. The Morgan fingerprint density at radius 3 is 2.88 bits per heavy atom. The molecule has 8 heavy (non-hydrogen) atoms. The summed E-state index contributed by atoms with van der Waals surface area (Å²) in [7, 11) is 1.66. The van der Waals surface area contributed by atoms with Crippen molar-refractivity contribution in [1.29, 1.82) is 0 Å². The molecular weight excluding hydrogens is 130 g/mol. The predicted octanol–water partition coefficient (Wildman–Crippen LogP) is -0.0547. The largest absolute Gasteiger partial charge is 0.448 e. The molecule has 0 bridgehead atoms. The van der Waals surface area contributed by atoms with Crippen LogP contribution in [0.25, 0.3) is 0 Å². The van der Waals surface area contributed by atoms with Gasteiger partial charge in [-0.15, -0.1) is 0 Å². The van der Waals surface area contributed by atoms with Crippen molar-refractivity contribution in [3.63, 3.8) is 0 Å². The van der Waals surface area contributed by atoms with Crippen molar-refractivity contribution in [2.45, 2.75) is 0 Å². The summed E-state index contributed by atoms with van der Waals surface area (Å²) in [6.07, 6.45) is 0. The van der Waals surface area contributed by atoms with Gasteiger partial charge < -0.3 is 10.1 Å². The molecule has 0 unspecified atom stereocenters. The molecule has 0 aromatic heterocycles. The lowest BCUT2D eigenvalue weighted by molar-refractivity contribution is -0.140. The van der Waals surface area contributed by atoms with E-state index in [1.165, 1.54) is 0 Å². The number of hydrogen-bond acceptors (Lipinski definition) is 3. The Balaban J connectivity index is 3.06. The van der Waals surface area contributed by atoms with Crippen molar-refractivity contribution in [1.82, 2.24) is 5.32 Å². The fourth-order valence-electron chi connectivity index (χ4n) is 0.256. The summed E-state index contributed by atoms with van der Waals surface area (Å²) in [6, 6.07) is -0.0689. The van der Waals surface area contributed by atoms with Gasteiger partial charge in [0.15, 0.2) is 6.07 Å². The minimum Gasteiger partial charge on any atom is -0.448 e. The third kappa shape index (κ3) is 3.89. The SMILES string of the molecule is CNCC(=O)OCCl. The summed E-state index contributed by atoms with van der Waals surface area (Å²) in [4.78, 5) is 10.3. The van der Waals surface area contributed by atoms with Crippen LogP contribution in [0, 0.1) is 0 Å². The zero-order valence-corrected chi connectivity index (χ0v) is 5.36. The van der Waals surface area contributed by atoms with Crippen LogP contribution >= 0.6 is 11.6 Å². The van der Waals surface area contributed by atoms with Crippen LogP contribution in [0.2, 0.25) is 0 Å². The van der Waals surface area contributed by atoms with Crippen LogP contribution in [0.1, 0.15) is 0 Å². The average Bonchev–Trinajstić information content (AvgIpc) is 1.68. The van der Waals surface area contributed by atoms with Gasteiger partial charge in [0.05, 0.1) is 6.54 Å². The van der Waals surface area contributed by atoms with Crippen LogP contribution in [0.4, 0.5) is 0 Å². The molecule has 0 aliphatic rings. The van der Waals surface area contributed by atoms with Gasteiger partial charge in [-0.3, -0.25) is 4.79 Å². The van der Waals surface area contributed by atoms with Crippen LogP contribution in [-0.2, 0) is 9.53 Å². The zero-order chi connectivity index (χ0) is 6.41. The van der Waals surface area contributed by atoms with Crippen LogP contribution in [0.15, 0.2) is 0 Å². The first-order chi connectivity index (χ1) is 3.81. The Bertz CT molecular complexity index is 68.4. The van der Waals surface area contributed by atoms with Gasteiger partial charge in [0.2, 0.25) is 0 Å². The first-order valence-corrected chi connectivity index (χ1v) is 2.71. The molecule has 0 aromatic rings. The van der Waals surface area contributed by atoms with Crippen molar-refractivity contribution in [2.24, 2.45) is 0 Å². The highest BCUT2D eigenvalue weighted by molar-refractivity contribution is 6.17. The molecule has 0 aliphatic heterocycles. The van der Waals surface area contributed by atoms with Gasteiger partial charge in [0.25, 0.3) is 0 Å². The topological polar surface area (TPSA) is 38.3 Å². The first-order valence-electron chi connectivity index (χ1n) is 2.17. The Labute approximate surface area is 53.0 Å².